The number of anilines is 2. The topological polar surface area (TPSA) is 96.5 Å². The molecule has 0 spiro atoms. The number of hydrogen-bond acceptors (Lipinski definition) is 10. The third-order valence-corrected chi connectivity index (χ3v) is 7.47. The maximum Gasteiger partial charge on any atom is 0.285 e. The lowest BCUT2D eigenvalue weighted by atomic mass is 10.2. The van der Waals surface area contributed by atoms with Crippen LogP contribution < -0.4 is 15.5 Å². The van der Waals surface area contributed by atoms with Crippen molar-refractivity contribution in [3.8, 4) is 5.75 Å². The van der Waals surface area contributed by atoms with Crippen molar-refractivity contribution in [3.63, 3.8) is 0 Å². The van der Waals surface area contributed by atoms with Gasteiger partial charge in [-0.2, -0.15) is 5.01 Å². The van der Waals surface area contributed by atoms with Gasteiger partial charge in [-0.25, -0.2) is 9.97 Å². The fraction of sp³-hybridized carbons (Fsp3) is 0.0455. The number of para-hydroxylation sites is 2. The number of thiocarbonyl (C=S) groups is 1. The van der Waals surface area contributed by atoms with Gasteiger partial charge < -0.3 is 4.74 Å². The molecule has 170 valence electrons. The Balaban J connectivity index is 1.29. The Bertz CT molecular complexity index is 1380. The lowest BCUT2D eigenvalue weighted by Gasteiger charge is -2.14. The minimum atomic E-state index is -0.323. The van der Waals surface area contributed by atoms with Crippen molar-refractivity contribution in [3.05, 3.63) is 70.6 Å². The van der Waals surface area contributed by atoms with Crippen LogP contribution in [0, 0.1) is 0 Å². The molecule has 8 nitrogen and oxygen atoms in total. The van der Waals surface area contributed by atoms with Crippen molar-refractivity contribution in [2.75, 3.05) is 17.3 Å². The van der Waals surface area contributed by atoms with Crippen LogP contribution in [0.1, 0.15) is 5.56 Å². The molecular formula is C22H15N5O3S4. The Morgan fingerprint density at radius 3 is 2.79 bits per heavy atom. The van der Waals surface area contributed by atoms with Gasteiger partial charge in [-0.3, -0.25) is 20.3 Å². The number of nitrogens with one attached hydrogen (secondary N) is 2. The van der Waals surface area contributed by atoms with E-state index in [1.54, 1.807) is 29.8 Å². The quantitative estimate of drug-likeness (QED) is 0.257. The lowest BCUT2D eigenvalue weighted by Crippen LogP contribution is -2.33. The summed E-state index contributed by atoms with van der Waals surface area (Å²) >= 11 is 9.36. The van der Waals surface area contributed by atoms with Crippen LogP contribution in [-0.2, 0) is 9.59 Å². The number of thiazole rings is 2. The minimum Gasteiger partial charge on any atom is -0.483 e. The van der Waals surface area contributed by atoms with Gasteiger partial charge in [0.25, 0.3) is 11.8 Å². The average molecular weight is 526 g/mol. The number of thioether (sulfide) groups is 1. The molecule has 0 unspecified atom stereocenters. The Labute approximate surface area is 211 Å². The highest BCUT2D eigenvalue weighted by Crippen LogP contribution is 2.35. The molecule has 2 N–H and O–H groups in total. The second kappa shape index (κ2) is 9.89. The molecule has 0 atom stereocenters. The van der Waals surface area contributed by atoms with Gasteiger partial charge in [0.1, 0.15) is 5.75 Å². The monoisotopic (exact) mass is 525 g/mol. The number of amides is 2. The first-order valence-electron chi connectivity index (χ1n) is 9.88. The molecule has 34 heavy (non-hydrogen) atoms. The number of rotatable bonds is 7. The third kappa shape index (κ3) is 4.94. The smallest absolute Gasteiger partial charge is 0.285 e. The first-order chi connectivity index (χ1) is 16.6. The van der Waals surface area contributed by atoms with E-state index in [9.17, 15) is 9.59 Å². The first kappa shape index (κ1) is 22.5. The molecule has 0 saturated carbocycles. The molecule has 2 aromatic carbocycles. The van der Waals surface area contributed by atoms with Crippen LogP contribution in [0.3, 0.4) is 0 Å². The number of nitrogens with zero attached hydrogens (tertiary/aromatic N) is 3. The number of fused-ring (bicyclic) bond motifs is 1. The van der Waals surface area contributed by atoms with Crippen LogP contribution >= 0.6 is 46.7 Å². The van der Waals surface area contributed by atoms with Crippen molar-refractivity contribution in [1.82, 2.24) is 15.0 Å². The number of aromatic nitrogens is 2. The van der Waals surface area contributed by atoms with E-state index in [1.165, 1.54) is 39.4 Å². The van der Waals surface area contributed by atoms with Crippen molar-refractivity contribution < 1.29 is 14.3 Å². The molecule has 3 heterocycles. The molecule has 2 aromatic heterocycles. The van der Waals surface area contributed by atoms with Gasteiger partial charge >= 0.3 is 0 Å². The van der Waals surface area contributed by atoms with Gasteiger partial charge in [0.05, 0.1) is 15.1 Å². The van der Waals surface area contributed by atoms with Crippen LogP contribution in [0.15, 0.2) is 65.0 Å². The van der Waals surface area contributed by atoms with E-state index in [0.717, 1.165) is 10.2 Å². The maximum absolute atomic E-state index is 13.0. The van der Waals surface area contributed by atoms with Crippen LogP contribution in [0.5, 0.6) is 5.75 Å². The predicted octanol–water partition coefficient (Wildman–Crippen LogP) is 5.00. The van der Waals surface area contributed by atoms with Gasteiger partial charge in [-0.05, 0) is 36.5 Å². The second-order valence-corrected chi connectivity index (χ2v) is 10.4. The molecule has 0 radical (unpaired) electrons. The predicted molar refractivity (Wildman–Crippen MR) is 141 cm³/mol. The zero-order valence-corrected chi connectivity index (χ0v) is 20.5. The molecule has 5 rings (SSSR count). The molecule has 4 aromatic rings. The maximum atomic E-state index is 13.0. The zero-order chi connectivity index (χ0) is 23.5. The molecule has 1 fully saturated rings. The van der Waals surface area contributed by atoms with Crippen LogP contribution in [0.25, 0.3) is 16.3 Å². The van der Waals surface area contributed by atoms with E-state index in [0.29, 0.717) is 30.8 Å². The Morgan fingerprint density at radius 1 is 1.15 bits per heavy atom. The fourth-order valence-electron chi connectivity index (χ4n) is 3.04. The molecule has 1 saturated heterocycles. The molecule has 1 aliphatic heterocycles. The van der Waals surface area contributed by atoms with Crippen molar-refractivity contribution in [1.29, 1.82) is 0 Å². The summed E-state index contributed by atoms with van der Waals surface area (Å²) in [6.07, 6.45) is 3.31. The van der Waals surface area contributed by atoms with Crippen molar-refractivity contribution in [2.24, 2.45) is 0 Å². The van der Waals surface area contributed by atoms with E-state index in [1.807, 2.05) is 36.4 Å². The summed E-state index contributed by atoms with van der Waals surface area (Å²) in [5, 5.41) is 6.84. The highest BCUT2D eigenvalue weighted by Gasteiger charge is 2.33. The van der Waals surface area contributed by atoms with Gasteiger partial charge in [-0.1, -0.05) is 53.4 Å². The molecule has 0 bridgehead atoms. The molecule has 12 heteroatoms. The van der Waals surface area contributed by atoms with Crippen LogP contribution in [0.2, 0.25) is 0 Å². The summed E-state index contributed by atoms with van der Waals surface area (Å²) in [4.78, 5) is 34.1. The van der Waals surface area contributed by atoms with Crippen LogP contribution in [-0.4, -0.2) is 37.7 Å². The average Bonchev–Trinajstić information content (AvgIpc) is 3.55. The number of hydrogen-bond donors (Lipinski definition) is 2. The second-order valence-electron chi connectivity index (χ2n) is 6.83. The van der Waals surface area contributed by atoms with E-state index in [4.69, 9.17) is 17.0 Å². The highest BCUT2D eigenvalue weighted by atomic mass is 32.2. The number of carbonyl (C=O) groups is 2. The summed E-state index contributed by atoms with van der Waals surface area (Å²) in [6.45, 7) is -0.190. The summed E-state index contributed by atoms with van der Waals surface area (Å²) in [7, 11) is 0. The van der Waals surface area contributed by atoms with Gasteiger partial charge in [0.15, 0.2) is 16.1 Å². The number of ether oxygens (including phenoxy) is 1. The molecular weight excluding hydrogens is 511 g/mol. The summed E-state index contributed by atoms with van der Waals surface area (Å²) in [5.41, 5.74) is 4.53. The van der Waals surface area contributed by atoms with Crippen molar-refractivity contribution in [2.45, 2.75) is 0 Å². The summed E-state index contributed by atoms with van der Waals surface area (Å²) in [5.74, 6) is -0.136. The normalized spacial score (nSPS) is 14.7. The summed E-state index contributed by atoms with van der Waals surface area (Å²) < 4.78 is 7.09. The Morgan fingerprint density at radius 2 is 1.97 bits per heavy atom. The van der Waals surface area contributed by atoms with Gasteiger partial charge in [-0.15, -0.1) is 11.3 Å². The fourth-order valence-corrected chi connectivity index (χ4v) is 5.61. The molecule has 1 aliphatic rings. The number of carbonyl (C=O) groups excluding carboxylic acids is 2. The van der Waals surface area contributed by atoms with Gasteiger partial charge in [0.2, 0.25) is 5.13 Å². The SMILES string of the molecule is O=C(COc1ccccc1/C=C1\SC(=S)N(Nc2nc3ccccc3s2)C1=O)Nc1nccs1. The van der Waals surface area contributed by atoms with Crippen molar-refractivity contribution >= 4 is 89.3 Å². The minimum absolute atomic E-state index is 0.190. The Hall–Kier alpha value is -3.32. The standard InChI is InChI=1S/C22H15N5O3S4/c28-18(25-20-23-9-10-32-20)12-30-15-7-3-1-5-13(15)11-17-19(29)27(22(31)34-17)26-21-24-14-6-2-4-8-16(14)33-21/h1-11H,12H2,(H,24,26)(H,23,25,28)/b17-11-. The van der Waals surface area contributed by atoms with Gasteiger partial charge in [0, 0.05) is 17.1 Å². The molecule has 0 aliphatic carbocycles. The van der Waals surface area contributed by atoms with E-state index < -0.39 is 0 Å². The third-order valence-electron chi connectivity index (χ3n) is 4.54. The summed E-state index contributed by atoms with van der Waals surface area (Å²) in [6, 6.07) is 14.9. The molecule has 2 amide bonds. The zero-order valence-electron chi connectivity index (χ0n) is 17.3. The Kier molecular flexibility index (Phi) is 6.54. The van der Waals surface area contributed by atoms with E-state index in [-0.39, 0.29) is 18.4 Å². The number of hydrazine groups is 1. The van der Waals surface area contributed by atoms with E-state index in [2.05, 4.69) is 20.7 Å². The highest BCUT2D eigenvalue weighted by molar-refractivity contribution is 8.26. The van der Waals surface area contributed by atoms with E-state index >= 15 is 0 Å². The van der Waals surface area contributed by atoms with Crippen LogP contribution in [0.4, 0.5) is 10.3 Å². The first-order valence-corrected chi connectivity index (χ1v) is 12.8. The number of benzene rings is 2. The lowest BCUT2D eigenvalue weighted by molar-refractivity contribution is -0.121. The largest absolute Gasteiger partial charge is 0.483 e.